The molecular formula is C22H19N5O. The standard InChI is InChI=1S/C22H19N5O/c1-12-4-3-5-14-8-15(9-17(12)14)21(28)18-11-24-27(22(18)23)16-6-7-19-20(10-16)26-13(2)25-19/h3-7,9-11H,8,23H2,1-2H3,(H,25,26). The summed E-state index contributed by atoms with van der Waals surface area (Å²) in [6.45, 7) is 3.97. The van der Waals surface area contributed by atoms with Gasteiger partial charge < -0.3 is 10.7 Å². The minimum Gasteiger partial charge on any atom is -0.383 e. The highest BCUT2D eigenvalue weighted by Crippen LogP contribution is 2.31. The number of nitrogen functional groups attached to an aromatic ring is 1. The van der Waals surface area contributed by atoms with Crippen molar-refractivity contribution in [3.63, 3.8) is 0 Å². The lowest BCUT2D eigenvalue weighted by atomic mass is 10.0. The van der Waals surface area contributed by atoms with Gasteiger partial charge in [0.15, 0.2) is 5.78 Å². The largest absolute Gasteiger partial charge is 0.383 e. The molecule has 0 saturated carbocycles. The monoisotopic (exact) mass is 369 g/mol. The molecular weight excluding hydrogens is 350 g/mol. The number of aromatic amines is 1. The van der Waals surface area contributed by atoms with Gasteiger partial charge in [0.05, 0.1) is 28.5 Å². The summed E-state index contributed by atoms with van der Waals surface area (Å²) in [5, 5.41) is 4.37. The van der Waals surface area contributed by atoms with Crippen LogP contribution in [0.4, 0.5) is 5.82 Å². The lowest BCUT2D eigenvalue weighted by Crippen LogP contribution is -2.08. The van der Waals surface area contributed by atoms with Crippen LogP contribution >= 0.6 is 0 Å². The van der Waals surface area contributed by atoms with Gasteiger partial charge in [-0.15, -0.1) is 0 Å². The number of nitrogens with two attached hydrogens (primary N) is 1. The van der Waals surface area contributed by atoms with Crippen LogP contribution in [0.15, 0.2) is 48.2 Å². The third kappa shape index (κ3) is 2.45. The highest BCUT2D eigenvalue weighted by molar-refractivity contribution is 6.15. The van der Waals surface area contributed by atoms with E-state index in [0.29, 0.717) is 17.8 Å². The van der Waals surface area contributed by atoms with Crippen molar-refractivity contribution in [2.24, 2.45) is 0 Å². The third-order valence-corrected chi connectivity index (χ3v) is 5.29. The number of hydrogen-bond donors (Lipinski definition) is 2. The Balaban J connectivity index is 1.51. The van der Waals surface area contributed by atoms with E-state index in [0.717, 1.165) is 33.7 Å². The first-order valence-electron chi connectivity index (χ1n) is 9.15. The molecule has 0 amide bonds. The number of nitrogens with one attached hydrogen (secondary N) is 1. The predicted molar refractivity (Wildman–Crippen MR) is 110 cm³/mol. The molecule has 2 aromatic heterocycles. The predicted octanol–water partition coefficient (Wildman–Crippen LogP) is 3.77. The molecule has 0 spiro atoms. The number of Topliss-reactive ketones (excluding diaryl/α,β-unsaturated/α-hetero) is 1. The molecule has 0 atom stereocenters. The van der Waals surface area contributed by atoms with Crippen molar-refractivity contribution in [3.8, 4) is 5.69 Å². The number of hydrogen-bond acceptors (Lipinski definition) is 4. The normalized spacial score (nSPS) is 13.0. The number of aryl methyl sites for hydroxylation is 2. The Hall–Kier alpha value is -3.67. The van der Waals surface area contributed by atoms with Gasteiger partial charge in [0.2, 0.25) is 0 Å². The summed E-state index contributed by atoms with van der Waals surface area (Å²) < 4.78 is 1.59. The highest BCUT2D eigenvalue weighted by atomic mass is 16.1. The summed E-state index contributed by atoms with van der Waals surface area (Å²) in [4.78, 5) is 20.7. The minimum absolute atomic E-state index is 0.0715. The van der Waals surface area contributed by atoms with Gasteiger partial charge in [-0.3, -0.25) is 4.79 Å². The second-order valence-electron chi connectivity index (χ2n) is 7.20. The molecule has 0 saturated heterocycles. The molecule has 0 fully saturated rings. The van der Waals surface area contributed by atoms with Gasteiger partial charge in [-0.2, -0.15) is 5.10 Å². The van der Waals surface area contributed by atoms with Crippen LogP contribution in [-0.4, -0.2) is 25.5 Å². The summed E-state index contributed by atoms with van der Waals surface area (Å²) in [6.07, 6.45) is 4.15. The van der Waals surface area contributed by atoms with E-state index in [1.54, 1.807) is 10.9 Å². The summed E-state index contributed by atoms with van der Waals surface area (Å²) in [7, 11) is 0. The average molecular weight is 369 g/mol. The van der Waals surface area contributed by atoms with E-state index in [9.17, 15) is 4.79 Å². The molecule has 0 unspecified atom stereocenters. The zero-order valence-electron chi connectivity index (χ0n) is 15.7. The molecule has 4 aromatic rings. The molecule has 2 aromatic carbocycles. The number of allylic oxidation sites excluding steroid dienone is 1. The van der Waals surface area contributed by atoms with E-state index in [1.807, 2.05) is 37.3 Å². The number of ketones is 1. The second-order valence-corrected chi connectivity index (χ2v) is 7.20. The van der Waals surface area contributed by atoms with Crippen LogP contribution in [0.25, 0.3) is 22.8 Å². The molecule has 2 heterocycles. The first-order valence-corrected chi connectivity index (χ1v) is 9.15. The van der Waals surface area contributed by atoms with Gasteiger partial charge in [0.1, 0.15) is 11.6 Å². The van der Waals surface area contributed by atoms with Crippen LogP contribution < -0.4 is 5.73 Å². The van der Waals surface area contributed by atoms with E-state index in [2.05, 4.69) is 34.1 Å². The van der Waals surface area contributed by atoms with E-state index >= 15 is 0 Å². The van der Waals surface area contributed by atoms with Crippen LogP contribution in [0.2, 0.25) is 0 Å². The number of carbonyl (C=O) groups excluding carboxylic acids is 1. The van der Waals surface area contributed by atoms with Crippen LogP contribution in [0, 0.1) is 13.8 Å². The Labute approximate surface area is 161 Å². The highest BCUT2D eigenvalue weighted by Gasteiger charge is 2.24. The number of imidazole rings is 1. The van der Waals surface area contributed by atoms with E-state index in [1.165, 1.54) is 11.1 Å². The number of aromatic nitrogens is 4. The Morgan fingerprint density at radius 3 is 2.89 bits per heavy atom. The maximum atomic E-state index is 13.1. The third-order valence-electron chi connectivity index (χ3n) is 5.29. The smallest absolute Gasteiger partial charge is 0.194 e. The van der Waals surface area contributed by atoms with Gasteiger partial charge in [-0.25, -0.2) is 9.67 Å². The molecule has 1 aliphatic carbocycles. The van der Waals surface area contributed by atoms with Gasteiger partial charge in [0.25, 0.3) is 0 Å². The van der Waals surface area contributed by atoms with E-state index in [4.69, 9.17) is 5.73 Å². The quantitative estimate of drug-likeness (QED) is 0.538. The summed E-state index contributed by atoms with van der Waals surface area (Å²) in [5.74, 6) is 1.12. The van der Waals surface area contributed by atoms with Crippen LogP contribution in [-0.2, 0) is 6.42 Å². The Morgan fingerprint density at radius 1 is 1.21 bits per heavy atom. The van der Waals surface area contributed by atoms with Gasteiger partial charge in [-0.1, -0.05) is 18.2 Å². The Kier molecular flexibility index (Phi) is 3.49. The molecule has 5 rings (SSSR count). The molecule has 0 bridgehead atoms. The summed E-state index contributed by atoms with van der Waals surface area (Å²) >= 11 is 0. The number of carbonyl (C=O) groups is 1. The average Bonchev–Trinajstić information content (AvgIpc) is 3.36. The number of benzene rings is 2. The van der Waals surface area contributed by atoms with Crippen LogP contribution in [0.5, 0.6) is 0 Å². The fourth-order valence-corrected chi connectivity index (χ4v) is 3.85. The van der Waals surface area contributed by atoms with Crippen molar-refractivity contribution < 1.29 is 4.79 Å². The molecule has 6 nitrogen and oxygen atoms in total. The summed E-state index contributed by atoms with van der Waals surface area (Å²) in [6, 6.07) is 11.9. The van der Waals surface area contributed by atoms with Gasteiger partial charge >= 0.3 is 0 Å². The molecule has 3 N–H and O–H groups in total. The fraction of sp³-hybridized carbons (Fsp3) is 0.136. The zero-order valence-corrected chi connectivity index (χ0v) is 15.7. The maximum Gasteiger partial charge on any atom is 0.194 e. The lowest BCUT2D eigenvalue weighted by Gasteiger charge is -2.05. The number of rotatable bonds is 3. The van der Waals surface area contributed by atoms with Gasteiger partial charge in [-0.05, 0) is 54.8 Å². The maximum absolute atomic E-state index is 13.1. The molecule has 0 radical (unpaired) electrons. The van der Waals surface area contributed by atoms with E-state index in [-0.39, 0.29) is 5.78 Å². The van der Waals surface area contributed by atoms with Crippen LogP contribution in [0.1, 0.15) is 32.9 Å². The van der Waals surface area contributed by atoms with Crippen molar-refractivity contribution in [2.75, 3.05) is 5.73 Å². The number of anilines is 1. The lowest BCUT2D eigenvalue weighted by molar-refractivity contribution is 0.103. The van der Waals surface area contributed by atoms with Crippen molar-refractivity contribution in [1.29, 1.82) is 0 Å². The number of nitrogens with zero attached hydrogens (tertiary/aromatic N) is 3. The first-order chi connectivity index (χ1) is 13.5. The summed E-state index contributed by atoms with van der Waals surface area (Å²) in [5.41, 5.74) is 13.5. The second kappa shape index (κ2) is 5.92. The molecule has 28 heavy (non-hydrogen) atoms. The SMILES string of the molecule is Cc1nc2ccc(-n3ncc(C(=O)C4=Cc5c(C)cccc5C4)c3N)cc2[nH]1. The van der Waals surface area contributed by atoms with Gasteiger partial charge in [0, 0.05) is 12.0 Å². The molecule has 0 aliphatic heterocycles. The van der Waals surface area contributed by atoms with Crippen molar-refractivity contribution in [2.45, 2.75) is 20.3 Å². The molecule has 138 valence electrons. The van der Waals surface area contributed by atoms with Crippen LogP contribution in [0.3, 0.4) is 0 Å². The van der Waals surface area contributed by atoms with Crippen molar-refractivity contribution >= 4 is 28.7 Å². The van der Waals surface area contributed by atoms with E-state index < -0.39 is 0 Å². The van der Waals surface area contributed by atoms with Crippen molar-refractivity contribution in [1.82, 2.24) is 19.7 Å². The zero-order chi connectivity index (χ0) is 19.4. The minimum atomic E-state index is -0.0715. The fourth-order valence-electron chi connectivity index (χ4n) is 3.85. The topological polar surface area (TPSA) is 89.6 Å². The Morgan fingerprint density at radius 2 is 2.07 bits per heavy atom. The Bertz CT molecular complexity index is 1290. The number of H-pyrrole nitrogens is 1. The first kappa shape index (κ1) is 16.5. The number of fused-ring (bicyclic) bond motifs is 2. The molecule has 6 heteroatoms. The molecule has 1 aliphatic rings. The van der Waals surface area contributed by atoms with Crippen molar-refractivity contribution in [3.05, 3.63) is 76.2 Å².